The predicted octanol–water partition coefficient (Wildman–Crippen LogP) is 7.87. The van der Waals surface area contributed by atoms with Crippen molar-refractivity contribution in [3.63, 3.8) is 0 Å². The van der Waals surface area contributed by atoms with E-state index in [1.807, 2.05) is 67.5 Å². The van der Waals surface area contributed by atoms with Crippen LogP contribution in [0.3, 0.4) is 0 Å². The monoisotopic (exact) mass is 400 g/mol. The van der Waals surface area contributed by atoms with Gasteiger partial charge in [-0.3, -0.25) is 9.59 Å². The molecule has 0 saturated carbocycles. The van der Waals surface area contributed by atoms with E-state index in [9.17, 15) is 9.59 Å². The van der Waals surface area contributed by atoms with Crippen molar-refractivity contribution in [2.75, 3.05) is 0 Å². The molecule has 2 aliphatic rings. The number of azo groups is 1. The van der Waals surface area contributed by atoms with Gasteiger partial charge in [0, 0.05) is 6.20 Å². The first-order valence-electron chi connectivity index (χ1n) is 10.4. The number of ketones is 2. The number of nitrogens with zero attached hydrogens (tertiary/aromatic N) is 2. The highest BCUT2D eigenvalue weighted by Crippen LogP contribution is 2.18. The lowest BCUT2D eigenvalue weighted by molar-refractivity contribution is -0.113. The van der Waals surface area contributed by atoms with Gasteiger partial charge in [0.15, 0.2) is 11.6 Å². The molecule has 0 aromatic heterocycles. The van der Waals surface area contributed by atoms with Gasteiger partial charge >= 0.3 is 0 Å². The molecule has 0 atom stereocenters. The minimum Gasteiger partial charge on any atom is -0.289 e. The van der Waals surface area contributed by atoms with Crippen LogP contribution in [0.15, 0.2) is 81.4 Å². The fourth-order valence-electron chi connectivity index (χ4n) is 2.11. The lowest BCUT2D eigenvalue weighted by atomic mass is 9.96. The second-order valence-electron chi connectivity index (χ2n) is 5.37. The zero-order valence-electron chi connectivity index (χ0n) is 20.1. The maximum atomic E-state index is 11.4. The van der Waals surface area contributed by atoms with E-state index in [0.717, 1.165) is 34.3 Å². The number of hydrogen-bond acceptors (Lipinski definition) is 4. The Kier molecular flexibility index (Phi) is 21.6. The minimum atomic E-state index is 0.0859. The number of hydrogen-bond donors (Lipinski definition) is 0. The molecule has 0 bridgehead atoms. The highest BCUT2D eigenvalue weighted by Gasteiger charge is 2.12. The van der Waals surface area contributed by atoms with Crippen LogP contribution in [0.25, 0.3) is 0 Å². The molecular formula is C25H40N2O2. The highest BCUT2D eigenvalue weighted by molar-refractivity contribution is 6.09. The quantitative estimate of drug-likeness (QED) is 0.443. The minimum absolute atomic E-state index is 0.0859. The lowest BCUT2D eigenvalue weighted by Gasteiger charge is -2.07. The summed E-state index contributed by atoms with van der Waals surface area (Å²) in [4.78, 5) is 22.4. The summed E-state index contributed by atoms with van der Waals surface area (Å²) in [6.45, 7) is 22.7. The Balaban J connectivity index is -0.000000389. The van der Waals surface area contributed by atoms with Gasteiger partial charge in [0.05, 0.1) is 6.20 Å². The molecular weight excluding hydrogens is 360 g/mol. The van der Waals surface area contributed by atoms with Gasteiger partial charge in [0.2, 0.25) is 0 Å². The predicted molar refractivity (Wildman–Crippen MR) is 127 cm³/mol. The summed E-state index contributed by atoms with van der Waals surface area (Å²) in [7, 11) is 0. The number of allylic oxidation sites excluding steroid dienone is 9. The van der Waals surface area contributed by atoms with Gasteiger partial charge in [-0.25, -0.2) is 0 Å². The summed E-state index contributed by atoms with van der Waals surface area (Å²) in [5.74, 6) is 0.282. The van der Waals surface area contributed by atoms with Crippen molar-refractivity contribution in [2.24, 2.45) is 10.2 Å². The largest absolute Gasteiger partial charge is 0.289 e. The molecule has 0 aliphatic heterocycles. The summed E-state index contributed by atoms with van der Waals surface area (Å²) < 4.78 is 0. The van der Waals surface area contributed by atoms with Crippen molar-refractivity contribution in [1.29, 1.82) is 0 Å². The van der Waals surface area contributed by atoms with Gasteiger partial charge < -0.3 is 0 Å². The smallest absolute Gasteiger partial charge is 0.184 e. The number of carbonyl (C=O) groups excluding carboxylic acids is 2. The summed E-state index contributed by atoms with van der Waals surface area (Å²) >= 11 is 0. The Hall–Kier alpha value is -2.62. The Bertz CT molecular complexity index is 656. The van der Waals surface area contributed by atoms with E-state index in [0.29, 0.717) is 0 Å². The number of carbonyl (C=O) groups is 2. The Labute approximate surface area is 178 Å². The molecule has 0 spiro atoms. The maximum Gasteiger partial charge on any atom is 0.184 e. The van der Waals surface area contributed by atoms with Crippen LogP contribution in [0, 0.1) is 0 Å². The molecule has 0 N–H and O–H groups in total. The maximum absolute atomic E-state index is 11.4. The zero-order valence-corrected chi connectivity index (χ0v) is 20.1. The third kappa shape index (κ3) is 13.2. The fourth-order valence-corrected chi connectivity index (χ4v) is 2.11. The van der Waals surface area contributed by atoms with Crippen LogP contribution < -0.4 is 0 Å². The molecule has 0 radical (unpaired) electrons. The van der Waals surface area contributed by atoms with Crippen LogP contribution in [0.1, 0.15) is 75.7 Å². The van der Waals surface area contributed by atoms with Crippen LogP contribution in [0.4, 0.5) is 0 Å². The molecule has 0 aromatic rings. The molecule has 4 nitrogen and oxygen atoms in total. The molecule has 0 amide bonds. The Morgan fingerprint density at radius 3 is 1.45 bits per heavy atom. The van der Waals surface area contributed by atoms with Crippen LogP contribution >= 0.6 is 0 Å². The van der Waals surface area contributed by atoms with Gasteiger partial charge in [0.25, 0.3) is 0 Å². The first-order chi connectivity index (χ1) is 13.9. The highest BCUT2D eigenvalue weighted by atomic mass is 16.1. The van der Waals surface area contributed by atoms with Gasteiger partial charge in [-0.2, -0.15) is 10.2 Å². The lowest BCUT2D eigenvalue weighted by Crippen LogP contribution is -2.05. The normalized spacial score (nSPS) is 14.6. The molecule has 4 heteroatoms. The fraction of sp³-hybridized carbons (Fsp3) is 0.440. The van der Waals surface area contributed by atoms with Gasteiger partial charge in [-0.05, 0) is 74.1 Å². The number of rotatable bonds is 2. The number of Topliss-reactive ketones (excluding diaryl/α,β-unsaturated/α-hetero) is 2. The van der Waals surface area contributed by atoms with E-state index < -0.39 is 0 Å². The van der Waals surface area contributed by atoms with Crippen LogP contribution in [-0.2, 0) is 9.59 Å². The third-order valence-electron chi connectivity index (χ3n) is 3.40. The van der Waals surface area contributed by atoms with Crippen LogP contribution in [-0.4, -0.2) is 11.6 Å². The van der Waals surface area contributed by atoms with E-state index in [4.69, 9.17) is 0 Å². The molecule has 2 aliphatic carbocycles. The third-order valence-corrected chi connectivity index (χ3v) is 3.40. The van der Waals surface area contributed by atoms with E-state index >= 15 is 0 Å². The van der Waals surface area contributed by atoms with Crippen molar-refractivity contribution >= 4 is 11.6 Å². The average Bonchev–Trinajstić information content (AvgIpc) is 2.75. The summed E-state index contributed by atoms with van der Waals surface area (Å²) in [5, 5.41) is 7.36. The van der Waals surface area contributed by atoms with Crippen molar-refractivity contribution in [3.05, 3.63) is 71.1 Å². The van der Waals surface area contributed by atoms with Crippen molar-refractivity contribution < 1.29 is 9.59 Å². The van der Waals surface area contributed by atoms with Gasteiger partial charge in [0.1, 0.15) is 0 Å². The van der Waals surface area contributed by atoms with E-state index in [-0.39, 0.29) is 11.6 Å². The molecule has 2 rings (SSSR count). The standard InChI is InChI=1S/C11H12N2O.C8H10O.3C2H6/c1-4-12-13-7-10-5-8(2)11(14)9(3)6-10;1-6-4-3-5-7(2)8(6)9;3*1-2/h4-7H,1H2,2-3H3;4-5H,3H2,1-2H3;3*1-2H3. The molecule has 0 saturated heterocycles. The SMILES string of the molecule is C=CN=NC=C1C=C(C)C(=O)C(C)=C1.CC.CC.CC.CC1=CCC=C(C)C1=O. The summed E-state index contributed by atoms with van der Waals surface area (Å²) in [5.41, 5.74) is 4.10. The van der Waals surface area contributed by atoms with Crippen molar-refractivity contribution in [1.82, 2.24) is 0 Å². The first-order valence-corrected chi connectivity index (χ1v) is 10.4. The van der Waals surface area contributed by atoms with E-state index in [1.165, 1.54) is 6.20 Å². The molecule has 0 unspecified atom stereocenters. The van der Waals surface area contributed by atoms with E-state index in [1.54, 1.807) is 32.2 Å². The molecule has 0 fully saturated rings. The molecule has 0 heterocycles. The zero-order chi connectivity index (χ0) is 23.4. The van der Waals surface area contributed by atoms with Crippen molar-refractivity contribution in [3.8, 4) is 0 Å². The first kappa shape index (κ1) is 31.1. The molecule has 0 aromatic carbocycles. The van der Waals surface area contributed by atoms with E-state index in [2.05, 4.69) is 16.8 Å². The second-order valence-corrected chi connectivity index (χ2v) is 5.37. The average molecular weight is 401 g/mol. The summed E-state index contributed by atoms with van der Waals surface area (Å²) in [6.07, 6.45) is 11.4. The Morgan fingerprint density at radius 1 is 0.724 bits per heavy atom. The van der Waals surface area contributed by atoms with Crippen LogP contribution in [0.5, 0.6) is 0 Å². The molecule has 29 heavy (non-hydrogen) atoms. The van der Waals surface area contributed by atoms with Crippen LogP contribution in [0.2, 0.25) is 0 Å². The van der Waals surface area contributed by atoms with Gasteiger partial charge in [-0.15, -0.1) is 0 Å². The second kappa shape index (κ2) is 20.1. The summed E-state index contributed by atoms with van der Waals surface area (Å²) in [6, 6.07) is 0. The molecule has 162 valence electrons. The van der Waals surface area contributed by atoms with Crippen molar-refractivity contribution in [2.45, 2.75) is 75.7 Å². The van der Waals surface area contributed by atoms with Gasteiger partial charge in [-0.1, -0.05) is 60.3 Å². The Morgan fingerprint density at radius 2 is 1.10 bits per heavy atom. The topological polar surface area (TPSA) is 58.9 Å².